The Bertz CT molecular complexity index is 1280. The van der Waals surface area contributed by atoms with Gasteiger partial charge in [0.1, 0.15) is 17.4 Å². The molecule has 1 aliphatic heterocycles. The summed E-state index contributed by atoms with van der Waals surface area (Å²) in [4.78, 5) is 28.5. The summed E-state index contributed by atoms with van der Waals surface area (Å²) in [6.07, 6.45) is 3.16. The van der Waals surface area contributed by atoms with Crippen molar-refractivity contribution in [1.29, 1.82) is 0 Å². The predicted octanol–water partition coefficient (Wildman–Crippen LogP) is 6.10. The van der Waals surface area contributed by atoms with Crippen molar-refractivity contribution in [1.82, 2.24) is 15.1 Å². The minimum Gasteiger partial charge on any atom is -0.492 e. The Balaban J connectivity index is 1.44. The van der Waals surface area contributed by atoms with Crippen LogP contribution in [0.3, 0.4) is 0 Å². The Kier molecular flexibility index (Phi) is 9.94. The lowest BCUT2D eigenvalue weighted by Crippen LogP contribution is -2.38. The van der Waals surface area contributed by atoms with Crippen molar-refractivity contribution in [2.45, 2.75) is 46.5 Å². The first-order valence-electron chi connectivity index (χ1n) is 13.4. The number of anilines is 1. The summed E-state index contributed by atoms with van der Waals surface area (Å²) in [5, 5.41) is 19.7. The number of halogens is 1. The zero-order valence-corrected chi connectivity index (χ0v) is 24.2. The number of benzene rings is 2. The molecule has 1 aromatic heterocycles. The van der Waals surface area contributed by atoms with Crippen LogP contribution in [0.25, 0.3) is 10.6 Å². The van der Waals surface area contributed by atoms with Crippen molar-refractivity contribution in [3.63, 3.8) is 0 Å². The monoisotopic (exact) mass is 570 g/mol. The number of aryl methyl sites for hydroxylation is 2. The molecule has 208 valence electrons. The van der Waals surface area contributed by atoms with Gasteiger partial charge in [0.15, 0.2) is 0 Å². The summed E-state index contributed by atoms with van der Waals surface area (Å²) in [6.45, 7) is 9.52. The quantitative estimate of drug-likeness (QED) is 0.297. The molecule has 2 aromatic carbocycles. The number of unbranched alkanes of at least 4 members (excludes halogenated alkanes) is 1. The third-order valence-electron chi connectivity index (χ3n) is 7.03. The second kappa shape index (κ2) is 13.4. The van der Waals surface area contributed by atoms with Crippen molar-refractivity contribution >= 4 is 39.9 Å². The van der Waals surface area contributed by atoms with Crippen LogP contribution in [0, 0.1) is 19.8 Å². The van der Waals surface area contributed by atoms with Gasteiger partial charge in [-0.2, -0.15) is 0 Å². The van der Waals surface area contributed by atoms with E-state index in [0.29, 0.717) is 41.7 Å². The molecule has 1 aliphatic rings. The maximum atomic E-state index is 13.4. The van der Waals surface area contributed by atoms with Gasteiger partial charge in [0.05, 0.1) is 16.5 Å². The van der Waals surface area contributed by atoms with E-state index in [9.17, 15) is 14.7 Å². The topological polar surface area (TPSA) is 95.9 Å². The first-order valence-corrected chi connectivity index (χ1v) is 14.6. The number of ether oxygens (including phenoxy) is 1. The van der Waals surface area contributed by atoms with Gasteiger partial charge in [-0.1, -0.05) is 48.4 Å². The molecule has 0 bridgehead atoms. The number of aromatic nitrogens is 2. The number of aliphatic carboxylic acids is 1. The summed E-state index contributed by atoms with van der Waals surface area (Å²) in [7, 11) is 0. The van der Waals surface area contributed by atoms with E-state index in [1.54, 1.807) is 29.2 Å². The van der Waals surface area contributed by atoms with E-state index in [1.807, 2.05) is 26.0 Å². The molecule has 1 fully saturated rings. The van der Waals surface area contributed by atoms with Crippen LogP contribution in [-0.2, 0) is 4.79 Å². The Morgan fingerprint density at radius 1 is 1.15 bits per heavy atom. The highest BCUT2D eigenvalue weighted by Gasteiger charge is 2.25. The highest BCUT2D eigenvalue weighted by molar-refractivity contribution is 7.18. The molecular weight excluding hydrogens is 536 g/mol. The molecule has 39 heavy (non-hydrogen) atoms. The zero-order chi connectivity index (χ0) is 27.9. The van der Waals surface area contributed by atoms with Crippen LogP contribution in [0.1, 0.15) is 54.1 Å². The van der Waals surface area contributed by atoms with Crippen LogP contribution in [0.2, 0.25) is 5.02 Å². The Morgan fingerprint density at radius 3 is 2.49 bits per heavy atom. The number of nitrogens with zero attached hydrogens (tertiary/aromatic N) is 4. The fourth-order valence-corrected chi connectivity index (χ4v) is 5.88. The third kappa shape index (κ3) is 7.15. The molecule has 1 saturated heterocycles. The molecule has 4 rings (SSSR count). The fraction of sp³-hybridized carbons (Fsp3) is 0.448. The van der Waals surface area contributed by atoms with Crippen molar-refractivity contribution < 1.29 is 19.4 Å². The van der Waals surface area contributed by atoms with Crippen molar-refractivity contribution in [3.8, 4) is 16.3 Å². The standard InChI is InChI=1S/C29H35ClN4O4S/c1-4-5-12-34(27(35)23-8-6-7-9-24(23)30)29-32-31-26(39-29)22-17-19(2)25(20(3)18-22)38-16-15-33-13-10-21(11-14-33)28(36)37/h6-9,17-18,21H,4-5,10-16H2,1-3H3,(H,36,37). The van der Waals surface area contributed by atoms with Crippen molar-refractivity contribution in [2.24, 2.45) is 5.92 Å². The second-order valence-electron chi connectivity index (χ2n) is 9.92. The fourth-order valence-electron chi connectivity index (χ4n) is 4.80. The smallest absolute Gasteiger partial charge is 0.306 e. The highest BCUT2D eigenvalue weighted by Crippen LogP contribution is 2.35. The lowest BCUT2D eigenvalue weighted by atomic mass is 9.97. The Hall–Kier alpha value is -3.01. The number of carboxylic acid groups (broad SMARTS) is 1. The Labute approximate surface area is 238 Å². The van der Waals surface area contributed by atoms with Gasteiger partial charge in [-0.25, -0.2) is 0 Å². The van der Waals surface area contributed by atoms with Gasteiger partial charge in [-0.3, -0.25) is 19.4 Å². The SMILES string of the molecule is CCCCN(C(=O)c1ccccc1Cl)c1nnc(-c2cc(C)c(OCCN3CCC(C(=O)O)CC3)c(C)c2)s1. The second-order valence-corrected chi connectivity index (χ2v) is 11.3. The van der Waals surface area contributed by atoms with E-state index in [4.69, 9.17) is 16.3 Å². The molecule has 0 spiro atoms. The van der Waals surface area contributed by atoms with E-state index in [1.165, 1.54) is 11.3 Å². The highest BCUT2D eigenvalue weighted by atomic mass is 35.5. The number of piperidine rings is 1. The molecule has 1 amide bonds. The first-order chi connectivity index (χ1) is 18.8. The van der Waals surface area contributed by atoms with Gasteiger partial charge >= 0.3 is 5.97 Å². The maximum absolute atomic E-state index is 13.4. The molecule has 0 atom stereocenters. The first kappa shape index (κ1) is 29.0. The van der Waals surface area contributed by atoms with Crippen molar-refractivity contribution in [2.75, 3.05) is 37.7 Å². The van der Waals surface area contributed by atoms with E-state index >= 15 is 0 Å². The molecule has 0 aliphatic carbocycles. The number of likely N-dealkylation sites (tertiary alicyclic amines) is 1. The molecule has 2 heterocycles. The van der Waals surface area contributed by atoms with E-state index in [0.717, 1.165) is 59.9 Å². The normalized spacial score (nSPS) is 14.4. The van der Waals surface area contributed by atoms with Gasteiger partial charge < -0.3 is 9.84 Å². The summed E-state index contributed by atoms with van der Waals surface area (Å²) < 4.78 is 6.16. The number of rotatable bonds is 11. The molecular formula is C29H35ClN4O4S. The molecule has 8 nitrogen and oxygen atoms in total. The van der Waals surface area contributed by atoms with Crippen molar-refractivity contribution in [3.05, 3.63) is 58.1 Å². The van der Waals surface area contributed by atoms with E-state index < -0.39 is 5.97 Å². The van der Waals surface area contributed by atoms with Crippen LogP contribution in [0.4, 0.5) is 5.13 Å². The third-order valence-corrected chi connectivity index (χ3v) is 8.35. The minimum atomic E-state index is -0.694. The van der Waals surface area contributed by atoms with Gasteiger partial charge in [-0.05, 0) is 81.6 Å². The molecule has 1 N–H and O–H groups in total. The number of hydrogen-bond acceptors (Lipinski definition) is 7. The summed E-state index contributed by atoms with van der Waals surface area (Å²) in [5.74, 6) is -0.254. The lowest BCUT2D eigenvalue weighted by Gasteiger charge is -2.30. The number of amides is 1. The zero-order valence-electron chi connectivity index (χ0n) is 22.7. The van der Waals surface area contributed by atoms with Crippen LogP contribution >= 0.6 is 22.9 Å². The Morgan fingerprint density at radius 2 is 1.85 bits per heavy atom. The number of carbonyl (C=O) groups excluding carboxylic acids is 1. The largest absolute Gasteiger partial charge is 0.492 e. The van der Waals surface area contributed by atoms with Gasteiger partial charge in [0, 0.05) is 18.7 Å². The summed E-state index contributed by atoms with van der Waals surface area (Å²) in [6, 6.07) is 11.1. The average Bonchev–Trinajstić information content (AvgIpc) is 3.41. The number of carboxylic acids is 1. The van der Waals surface area contributed by atoms with Gasteiger partial charge in [0.2, 0.25) is 5.13 Å². The molecule has 10 heteroatoms. The summed E-state index contributed by atoms with van der Waals surface area (Å²) >= 11 is 7.70. The molecule has 0 radical (unpaired) electrons. The minimum absolute atomic E-state index is 0.181. The maximum Gasteiger partial charge on any atom is 0.306 e. The van der Waals surface area contributed by atoms with Crippen LogP contribution in [-0.4, -0.2) is 64.9 Å². The molecule has 3 aromatic rings. The molecule has 0 unspecified atom stereocenters. The molecule has 0 saturated carbocycles. The summed E-state index contributed by atoms with van der Waals surface area (Å²) in [5.41, 5.74) is 3.38. The average molecular weight is 571 g/mol. The number of hydrogen-bond donors (Lipinski definition) is 1. The van der Waals surface area contributed by atoms with Gasteiger partial charge in [0.25, 0.3) is 5.91 Å². The van der Waals surface area contributed by atoms with Crippen LogP contribution in [0.15, 0.2) is 36.4 Å². The van der Waals surface area contributed by atoms with E-state index in [-0.39, 0.29) is 11.8 Å². The van der Waals surface area contributed by atoms with Crippen LogP contribution < -0.4 is 9.64 Å². The predicted molar refractivity (Wildman–Crippen MR) is 155 cm³/mol. The van der Waals surface area contributed by atoms with E-state index in [2.05, 4.69) is 22.0 Å². The lowest BCUT2D eigenvalue weighted by molar-refractivity contribution is -0.143. The van der Waals surface area contributed by atoms with Gasteiger partial charge in [-0.15, -0.1) is 10.2 Å². The van der Waals surface area contributed by atoms with Crippen LogP contribution in [0.5, 0.6) is 5.75 Å². The number of carbonyl (C=O) groups is 2.